The van der Waals surface area contributed by atoms with Crippen molar-refractivity contribution in [1.29, 1.82) is 0 Å². The molecule has 0 bridgehead atoms. The first-order chi connectivity index (χ1) is 5.05. The summed E-state index contributed by atoms with van der Waals surface area (Å²) in [6.45, 7) is 3.56. The Morgan fingerprint density at radius 1 is 1.55 bits per heavy atom. The van der Waals surface area contributed by atoms with E-state index in [4.69, 9.17) is 5.14 Å². The Labute approximate surface area is 67.3 Å². The van der Waals surface area contributed by atoms with Gasteiger partial charge >= 0.3 is 0 Å². The number of rotatable bonds is 3. The van der Waals surface area contributed by atoms with Crippen LogP contribution in [0.25, 0.3) is 0 Å². The van der Waals surface area contributed by atoms with Crippen LogP contribution in [-0.2, 0) is 10.0 Å². The minimum Gasteiger partial charge on any atom is -0.228 e. The van der Waals surface area contributed by atoms with Crippen LogP contribution in [0.4, 0.5) is 0 Å². The highest BCUT2D eigenvalue weighted by molar-refractivity contribution is 7.89. The van der Waals surface area contributed by atoms with Crippen molar-refractivity contribution in [2.75, 3.05) is 0 Å². The summed E-state index contributed by atoms with van der Waals surface area (Å²) in [5.41, 5.74) is 0. The van der Waals surface area contributed by atoms with Gasteiger partial charge in [-0.25, -0.2) is 13.6 Å². The number of allylic oxidation sites excluding steroid dienone is 1. The van der Waals surface area contributed by atoms with Crippen LogP contribution >= 0.6 is 0 Å². The molecule has 0 amide bonds. The van der Waals surface area contributed by atoms with Gasteiger partial charge in [-0.15, -0.1) is 6.58 Å². The Morgan fingerprint density at radius 3 is 2.45 bits per heavy atom. The molecule has 2 atom stereocenters. The summed E-state index contributed by atoms with van der Waals surface area (Å²) in [7, 11) is -3.29. The molecule has 64 valence electrons. The molecule has 3 nitrogen and oxygen atoms in total. The van der Waals surface area contributed by atoms with E-state index in [1.807, 2.05) is 0 Å². The first kappa shape index (κ1) is 8.74. The van der Waals surface area contributed by atoms with Crippen LogP contribution in [0.15, 0.2) is 12.7 Å². The van der Waals surface area contributed by atoms with Crippen molar-refractivity contribution in [3.63, 3.8) is 0 Å². The van der Waals surface area contributed by atoms with Crippen molar-refractivity contribution in [3.8, 4) is 0 Å². The lowest BCUT2D eigenvalue weighted by atomic mass is 9.82. The van der Waals surface area contributed by atoms with Crippen molar-refractivity contribution >= 4 is 10.0 Å². The Hall–Kier alpha value is -0.350. The monoisotopic (exact) mass is 175 g/mol. The number of primary sulfonamides is 1. The van der Waals surface area contributed by atoms with E-state index in [1.165, 1.54) is 0 Å². The number of hydrogen-bond acceptors (Lipinski definition) is 2. The standard InChI is InChI=1S/C7H13NO2S/c1-2-3-6-4-5-7(6)11(8,9)10/h2,6-7H,1,3-5H2,(H2,8,9,10)/t6-,7-/m0/s1. The zero-order valence-corrected chi connectivity index (χ0v) is 7.18. The molecule has 0 heterocycles. The van der Waals surface area contributed by atoms with Crippen molar-refractivity contribution in [2.24, 2.45) is 11.1 Å². The van der Waals surface area contributed by atoms with Crippen molar-refractivity contribution in [1.82, 2.24) is 0 Å². The van der Waals surface area contributed by atoms with E-state index >= 15 is 0 Å². The van der Waals surface area contributed by atoms with Crippen LogP contribution in [0.3, 0.4) is 0 Å². The fraction of sp³-hybridized carbons (Fsp3) is 0.714. The van der Waals surface area contributed by atoms with Gasteiger partial charge in [0.05, 0.1) is 5.25 Å². The second-order valence-electron chi connectivity index (χ2n) is 2.99. The van der Waals surface area contributed by atoms with Gasteiger partial charge in [-0.05, 0) is 25.2 Å². The Kier molecular flexibility index (Phi) is 2.34. The van der Waals surface area contributed by atoms with Gasteiger partial charge in [0.1, 0.15) is 0 Å². The second kappa shape index (κ2) is 2.95. The van der Waals surface area contributed by atoms with Crippen LogP contribution in [0.1, 0.15) is 19.3 Å². The first-order valence-corrected chi connectivity index (χ1v) is 5.29. The van der Waals surface area contributed by atoms with E-state index in [9.17, 15) is 8.42 Å². The molecule has 11 heavy (non-hydrogen) atoms. The zero-order chi connectivity index (χ0) is 8.48. The topological polar surface area (TPSA) is 60.2 Å². The summed E-state index contributed by atoms with van der Waals surface area (Å²) in [6, 6.07) is 0. The minimum atomic E-state index is -3.29. The summed E-state index contributed by atoms with van der Waals surface area (Å²) >= 11 is 0. The van der Waals surface area contributed by atoms with Crippen molar-refractivity contribution in [3.05, 3.63) is 12.7 Å². The van der Waals surface area contributed by atoms with Gasteiger partial charge in [-0.1, -0.05) is 6.08 Å². The average Bonchev–Trinajstić information content (AvgIpc) is 1.75. The van der Waals surface area contributed by atoms with Crippen molar-refractivity contribution in [2.45, 2.75) is 24.5 Å². The molecule has 1 fully saturated rings. The second-order valence-corrected chi connectivity index (χ2v) is 4.77. The van der Waals surface area contributed by atoms with E-state index in [0.29, 0.717) is 0 Å². The highest BCUT2D eigenvalue weighted by Gasteiger charge is 2.37. The first-order valence-electron chi connectivity index (χ1n) is 3.68. The molecule has 0 aromatic heterocycles. The lowest BCUT2D eigenvalue weighted by Gasteiger charge is -2.33. The third kappa shape index (κ3) is 1.81. The predicted octanol–water partition coefficient (Wildman–Crippen LogP) is 0.630. The average molecular weight is 175 g/mol. The number of hydrogen-bond donors (Lipinski definition) is 1. The summed E-state index contributed by atoms with van der Waals surface area (Å²) in [6.07, 6.45) is 4.20. The van der Waals surface area contributed by atoms with Crippen LogP contribution in [0.2, 0.25) is 0 Å². The summed E-state index contributed by atoms with van der Waals surface area (Å²) < 4.78 is 21.7. The lowest BCUT2D eigenvalue weighted by Crippen LogP contribution is -2.42. The maximum Gasteiger partial charge on any atom is 0.212 e. The minimum absolute atomic E-state index is 0.225. The molecule has 0 aliphatic heterocycles. The molecule has 0 aromatic rings. The molecule has 1 saturated carbocycles. The third-order valence-electron chi connectivity index (χ3n) is 2.24. The van der Waals surface area contributed by atoms with E-state index in [2.05, 4.69) is 6.58 Å². The highest BCUT2D eigenvalue weighted by Crippen LogP contribution is 2.34. The molecule has 0 radical (unpaired) electrons. The quantitative estimate of drug-likeness (QED) is 0.639. The van der Waals surface area contributed by atoms with Crippen LogP contribution < -0.4 is 5.14 Å². The molecule has 1 aliphatic rings. The van der Waals surface area contributed by atoms with Gasteiger partial charge in [0.15, 0.2) is 0 Å². The highest BCUT2D eigenvalue weighted by atomic mass is 32.2. The maximum absolute atomic E-state index is 10.8. The SMILES string of the molecule is C=CC[C@H]1CC[C@@H]1S(N)(=O)=O. The molecular weight excluding hydrogens is 162 g/mol. The molecule has 0 aromatic carbocycles. The molecule has 0 spiro atoms. The Morgan fingerprint density at radius 2 is 2.18 bits per heavy atom. The molecular formula is C7H13NO2S. The lowest BCUT2D eigenvalue weighted by molar-refractivity contribution is 0.319. The molecule has 4 heteroatoms. The third-order valence-corrected chi connectivity index (χ3v) is 3.70. The van der Waals surface area contributed by atoms with Gasteiger partial charge < -0.3 is 0 Å². The zero-order valence-electron chi connectivity index (χ0n) is 6.36. The van der Waals surface area contributed by atoms with E-state index in [0.717, 1.165) is 19.3 Å². The normalized spacial score (nSPS) is 31.0. The number of sulfonamides is 1. The molecule has 2 N–H and O–H groups in total. The smallest absolute Gasteiger partial charge is 0.212 e. The summed E-state index contributed by atoms with van der Waals surface area (Å²) in [4.78, 5) is 0. The van der Waals surface area contributed by atoms with E-state index < -0.39 is 10.0 Å². The maximum atomic E-state index is 10.8. The van der Waals surface area contributed by atoms with Gasteiger partial charge in [-0.2, -0.15) is 0 Å². The van der Waals surface area contributed by atoms with Crippen LogP contribution in [0.5, 0.6) is 0 Å². The number of nitrogens with two attached hydrogens (primary N) is 1. The largest absolute Gasteiger partial charge is 0.228 e. The molecule has 1 aliphatic carbocycles. The summed E-state index contributed by atoms with van der Waals surface area (Å²) in [5.74, 6) is 0.225. The fourth-order valence-electron chi connectivity index (χ4n) is 1.45. The van der Waals surface area contributed by atoms with Gasteiger partial charge in [-0.3, -0.25) is 0 Å². The van der Waals surface area contributed by atoms with E-state index in [1.54, 1.807) is 6.08 Å². The Balaban J connectivity index is 2.57. The molecule has 0 unspecified atom stereocenters. The van der Waals surface area contributed by atoms with E-state index in [-0.39, 0.29) is 11.2 Å². The van der Waals surface area contributed by atoms with Gasteiger partial charge in [0.2, 0.25) is 10.0 Å². The van der Waals surface area contributed by atoms with Crippen LogP contribution in [-0.4, -0.2) is 13.7 Å². The summed E-state index contributed by atoms with van der Waals surface area (Å²) in [5, 5.41) is 4.69. The van der Waals surface area contributed by atoms with Crippen LogP contribution in [0, 0.1) is 5.92 Å². The fourth-order valence-corrected chi connectivity index (χ4v) is 2.70. The van der Waals surface area contributed by atoms with Gasteiger partial charge in [0, 0.05) is 0 Å². The van der Waals surface area contributed by atoms with Crippen molar-refractivity contribution < 1.29 is 8.42 Å². The molecule has 1 rings (SSSR count). The molecule has 0 saturated heterocycles. The Bertz CT molecular complexity index is 245. The van der Waals surface area contributed by atoms with Gasteiger partial charge in [0.25, 0.3) is 0 Å². The predicted molar refractivity (Wildman–Crippen MR) is 44.4 cm³/mol.